The average Bonchev–Trinajstić information content (AvgIpc) is 3.08. The molecule has 1 heterocycles. The number of carbonyl (C=O) groups is 3. The Morgan fingerprint density at radius 1 is 1.12 bits per heavy atom. The summed E-state index contributed by atoms with van der Waals surface area (Å²) in [5.74, 6) is -0.143. The van der Waals surface area contributed by atoms with E-state index >= 15 is 0 Å². The number of aromatic amines is 1. The summed E-state index contributed by atoms with van der Waals surface area (Å²) in [5.41, 5.74) is 1.58. The van der Waals surface area contributed by atoms with Crippen molar-refractivity contribution in [2.24, 2.45) is 0 Å². The molecular formula is C17H19N3O4. The van der Waals surface area contributed by atoms with Crippen LogP contribution in [-0.4, -0.2) is 36.2 Å². The van der Waals surface area contributed by atoms with E-state index in [-0.39, 0.29) is 23.9 Å². The Balaban J connectivity index is 1.77. The fraction of sp³-hybridized carbons (Fsp3) is 0.235. The Labute approximate surface area is 139 Å². The van der Waals surface area contributed by atoms with Crippen molar-refractivity contribution in [3.05, 3.63) is 53.3 Å². The molecule has 2 rings (SSSR count). The van der Waals surface area contributed by atoms with Gasteiger partial charge >= 0.3 is 0 Å². The van der Waals surface area contributed by atoms with Gasteiger partial charge in [-0.1, -0.05) is 12.1 Å². The van der Waals surface area contributed by atoms with Gasteiger partial charge in [0.2, 0.25) is 5.91 Å². The molecule has 0 radical (unpaired) electrons. The number of rotatable bonds is 7. The van der Waals surface area contributed by atoms with Gasteiger partial charge in [0, 0.05) is 18.3 Å². The van der Waals surface area contributed by atoms with Crippen molar-refractivity contribution in [1.82, 2.24) is 15.6 Å². The number of hydrogen-bond donors (Lipinski definition) is 3. The minimum atomic E-state index is -0.443. The number of carbonyl (C=O) groups excluding carboxylic acids is 3. The molecule has 7 heteroatoms. The number of Topliss-reactive ketones (excluding diaryl/α,β-unsaturated/α-hetero) is 1. The molecule has 0 aliphatic rings. The Bertz CT molecular complexity index is 735. The summed E-state index contributed by atoms with van der Waals surface area (Å²) in [7, 11) is 1.59. The van der Waals surface area contributed by atoms with Crippen molar-refractivity contribution in [3.63, 3.8) is 0 Å². The lowest BCUT2D eigenvalue weighted by Gasteiger charge is -2.07. The SMILES string of the molecule is COc1ccc(CNC(=O)CNC(=O)c2cc(C(C)=O)c[nH]2)cc1. The van der Waals surface area contributed by atoms with Crippen molar-refractivity contribution < 1.29 is 19.1 Å². The Kier molecular flexibility index (Phi) is 5.73. The molecule has 0 spiro atoms. The molecule has 0 aliphatic heterocycles. The van der Waals surface area contributed by atoms with E-state index in [1.54, 1.807) is 19.2 Å². The summed E-state index contributed by atoms with van der Waals surface area (Å²) in [6.45, 7) is 1.62. The minimum Gasteiger partial charge on any atom is -0.497 e. The maximum absolute atomic E-state index is 11.9. The third-order valence-corrected chi connectivity index (χ3v) is 3.39. The van der Waals surface area contributed by atoms with Gasteiger partial charge in [-0.2, -0.15) is 0 Å². The van der Waals surface area contributed by atoms with E-state index in [1.165, 1.54) is 19.2 Å². The second-order valence-electron chi connectivity index (χ2n) is 5.17. The number of H-pyrrole nitrogens is 1. The summed E-state index contributed by atoms with van der Waals surface area (Å²) >= 11 is 0. The molecule has 0 unspecified atom stereocenters. The first kappa shape index (κ1) is 17.3. The summed E-state index contributed by atoms with van der Waals surface area (Å²) in [6.07, 6.45) is 1.46. The highest BCUT2D eigenvalue weighted by atomic mass is 16.5. The second kappa shape index (κ2) is 7.96. The van der Waals surface area contributed by atoms with Crippen LogP contribution in [0.5, 0.6) is 5.75 Å². The van der Waals surface area contributed by atoms with Gasteiger partial charge in [-0.25, -0.2) is 0 Å². The van der Waals surface area contributed by atoms with Crippen molar-refractivity contribution in [2.45, 2.75) is 13.5 Å². The standard InChI is InChI=1S/C17H19N3O4/c1-11(21)13-7-15(18-9-13)17(23)20-10-16(22)19-8-12-3-5-14(24-2)6-4-12/h3-7,9,18H,8,10H2,1-2H3,(H,19,22)(H,20,23). The third kappa shape index (κ3) is 4.70. The van der Waals surface area contributed by atoms with Crippen molar-refractivity contribution in [2.75, 3.05) is 13.7 Å². The molecule has 0 bridgehead atoms. The molecule has 3 N–H and O–H groups in total. The molecule has 1 aromatic carbocycles. The lowest BCUT2D eigenvalue weighted by molar-refractivity contribution is -0.120. The molecule has 0 atom stereocenters. The van der Waals surface area contributed by atoms with E-state index in [0.29, 0.717) is 12.1 Å². The summed E-state index contributed by atoms with van der Waals surface area (Å²) < 4.78 is 5.06. The normalized spacial score (nSPS) is 10.1. The topological polar surface area (TPSA) is 100 Å². The van der Waals surface area contributed by atoms with E-state index < -0.39 is 5.91 Å². The lowest BCUT2D eigenvalue weighted by atomic mass is 10.2. The summed E-state index contributed by atoms with van der Waals surface area (Å²) in [5, 5.41) is 5.20. The van der Waals surface area contributed by atoms with Crippen LogP contribution < -0.4 is 15.4 Å². The minimum absolute atomic E-state index is 0.137. The van der Waals surface area contributed by atoms with Gasteiger partial charge in [0.05, 0.1) is 13.7 Å². The number of nitrogens with one attached hydrogen (secondary N) is 3. The molecule has 0 saturated carbocycles. The second-order valence-corrected chi connectivity index (χ2v) is 5.17. The molecule has 2 aromatic rings. The van der Waals surface area contributed by atoms with Gasteiger partial charge in [-0.3, -0.25) is 14.4 Å². The van der Waals surface area contributed by atoms with E-state index in [4.69, 9.17) is 4.74 Å². The molecule has 24 heavy (non-hydrogen) atoms. The molecule has 126 valence electrons. The van der Waals surface area contributed by atoms with Crippen molar-refractivity contribution in [3.8, 4) is 5.75 Å². The van der Waals surface area contributed by atoms with E-state index in [9.17, 15) is 14.4 Å². The molecule has 1 aromatic heterocycles. The first-order chi connectivity index (χ1) is 11.5. The average molecular weight is 329 g/mol. The first-order valence-corrected chi connectivity index (χ1v) is 7.37. The van der Waals surface area contributed by atoms with Crippen LogP contribution in [0, 0.1) is 0 Å². The summed E-state index contributed by atoms with van der Waals surface area (Å²) in [4.78, 5) is 37.5. The number of aromatic nitrogens is 1. The van der Waals surface area contributed by atoms with Crippen LogP contribution in [-0.2, 0) is 11.3 Å². The fourth-order valence-electron chi connectivity index (χ4n) is 1.99. The van der Waals surface area contributed by atoms with Gasteiger partial charge in [0.15, 0.2) is 5.78 Å². The Hall–Kier alpha value is -3.09. The number of methoxy groups -OCH3 is 1. The zero-order valence-electron chi connectivity index (χ0n) is 13.5. The maximum Gasteiger partial charge on any atom is 0.268 e. The number of ketones is 1. The van der Waals surface area contributed by atoms with Gasteiger partial charge in [0.1, 0.15) is 11.4 Å². The maximum atomic E-state index is 11.9. The monoisotopic (exact) mass is 329 g/mol. The van der Waals surface area contributed by atoms with E-state index in [2.05, 4.69) is 15.6 Å². The van der Waals surface area contributed by atoms with Crippen LogP contribution in [0.3, 0.4) is 0 Å². The number of benzene rings is 1. The lowest BCUT2D eigenvalue weighted by Crippen LogP contribution is -2.36. The predicted octanol–water partition coefficient (Wildman–Crippen LogP) is 1.27. The molecule has 0 fully saturated rings. The highest BCUT2D eigenvalue weighted by Gasteiger charge is 2.11. The number of ether oxygens (including phenoxy) is 1. The van der Waals surface area contributed by atoms with Crippen LogP contribution in [0.2, 0.25) is 0 Å². The fourth-order valence-corrected chi connectivity index (χ4v) is 1.99. The highest BCUT2D eigenvalue weighted by molar-refractivity contribution is 5.99. The molecule has 0 aliphatic carbocycles. The Morgan fingerprint density at radius 3 is 2.42 bits per heavy atom. The number of amides is 2. The molecule has 0 saturated heterocycles. The highest BCUT2D eigenvalue weighted by Crippen LogP contribution is 2.10. The zero-order chi connectivity index (χ0) is 17.5. The number of hydrogen-bond acceptors (Lipinski definition) is 4. The van der Waals surface area contributed by atoms with Gasteiger partial charge in [0.25, 0.3) is 5.91 Å². The smallest absolute Gasteiger partial charge is 0.268 e. The first-order valence-electron chi connectivity index (χ1n) is 7.37. The molecular weight excluding hydrogens is 310 g/mol. The molecule has 2 amide bonds. The Morgan fingerprint density at radius 2 is 1.83 bits per heavy atom. The van der Waals surface area contributed by atoms with Crippen molar-refractivity contribution in [1.29, 1.82) is 0 Å². The van der Waals surface area contributed by atoms with Crippen LogP contribution >= 0.6 is 0 Å². The molecule has 7 nitrogen and oxygen atoms in total. The van der Waals surface area contributed by atoms with Crippen molar-refractivity contribution >= 4 is 17.6 Å². The van der Waals surface area contributed by atoms with Crippen LogP contribution in [0.25, 0.3) is 0 Å². The van der Waals surface area contributed by atoms with Gasteiger partial charge in [-0.05, 0) is 30.7 Å². The van der Waals surface area contributed by atoms with Crippen LogP contribution in [0.1, 0.15) is 33.3 Å². The quantitative estimate of drug-likeness (QED) is 0.666. The largest absolute Gasteiger partial charge is 0.497 e. The van der Waals surface area contributed by atoms with Crippen LogP contribution in [0.15, 0.2) is 36.5 Å². The van der Waals surface area contributed by atoms with Gasteiger partial charge in [-0.15, -0.1) is 0 Å². The van der Waals surface area contributed by atoms with E-state index in [1.807, 2.05) is 12.1 Å². The predicted molar refractivity (Wildman–Crippen MR) is 88.0 cm³/mol. The third-order valence-electron chi connectivity index (χ3n) is 3.39. The van der Waals surface area contributed by atoms with Gasteiger partial charge < -0.3 is 20.4 Å². The zero-order valence-corrected chi connectivity index (χ0v) is 13.5. The summed E-state index contributed by atoms with van der Waals surface area (Å²) in [6, 6.07) is 8.76. The van der Waals surface area contributed by atoms with Crippen LogP contribution in [0.4, 0.5) is 0 Å². The van der Waals surface area contributed by atoms with E-state index in [0.717, 1.165) is 11.3 Å².